The van der Waals surface area contributed by atoms with E-state index in [-0.39, 0.29) is 17.6 Å². The van der Waals surface area contributed by atoms with Crippen molar-refractivity contribution in [3.63, 3.8) is 0 Å². The molecule has 3 heterocycles. The molecule has 1 N–H and O–H groups in total. The second-order valence-electron chi connectivity index (χ2n) is 5.82. The molecule has 2 aromatic rings. The number of hydrogen-bond acceptors (Lipinski definition) is 5. The van der Waals surface area contributed by atoms with Crippen molar-refractivity contribution in [2.24, 2.45) is 0 Å². The van der Waals surface area contributed by atoms with Crippen LogP contribution in [0, 0.1) is 0 Å². The third kappa shape index (κ3) is 4.51. The number of ether oxygens (including phenoxy) is 1. The minimum Gasteiger partial charge on any atom is -0.375 e. The fourth-order valence-corrected chi connectivity index (χ4v) is 2.78. The fourth-order valence-electron chi connectivity index (χ4n) is 2.78. The van der Waals surface area contributed by atoms with Gasteiger partial charge in [0.1, 0.15) is 0 Å². The Morgan fingerprint density at radius 1 is 1.46 bits per heavy atom. The van der Waals surface area contributed by atoms with Crippen molar-refractivity contribution in [2.45, 2.75) is 31.9 Å². The van der Waals surface area contributed by atoms with E-state index >= 15 is 0 Å². The van der Waals surface area contributed by atoms with Gasteiger partial charge in [-0.15, -0.1) is 0 Å². The molecule has 8 heteroatoms. The molecule has 1 aliphatic heterocycles. The standard InChI is InChI=1S/C16H21N5O3/c22-15-9-13(18-11-19-15)1-2-14-10-21(7-8-24-14)16(23)3-5-20-6-4-17-12-20/h4,6,9,11-12,14H,1-3,5,7-8,10H2,(H,18,19,22). The van der Waals surface area contributed by atoms with Crippen LogP contribution in [0.25, 0.3) is 0 Å². The lowest BCUT2D eigenvalue weighted by molar-refractivity contribution is -0.139. The smallest absolute Gasteiger partial charge is 0.250 e. The normalized spacial score (nSPS) is 17.8. The number of hydrogen-bond donors (Lipinski definition) is 1. The molecule has 0 aromatic carbocycles. The maximum absolute atomic E-state index is 12.3. The van der Waals surface area contributed by atoms with Crippen LogP contribution in [0.15, 0.2) is 35.9 Å². The molecule has 1 atom stereocenters. The van der Waals surface area contributed by atoms with Crippen molar-refractivity contribution < 1.29 is 9.53 Å². The number of H-pyrrole nitrogens is 1. The third-order valence-electron chi connectivity index (χ3n) is 4.09. The molecule has 2 aromatic heterocycles. The van der Waals surface area contributed by atoms with Crippen LogP contribution in [-0.4, -0.2) is 56.1 Å². The van der Waals surface area contributed by atoms with E-state index in [2.05, 4.69) is 15.0 Å². The van der Waals surface area contributed by atoms with E-state index in [1.54, 1.807) is 12.5 Å². The summed E-state index contributed by atoms with van der Waals surface area (Å²) in [6.45, 7) is 2.40. The topological polar surface area (TPSA) is 93.1 Å². The minimum atomic E-state index is -0.152. The fraction of sp³-hybridized carbons (Fsp3) is 0.500. The van der Waals surface area contributed by atoms with Gasteiger partial charge < -0.3 is 19.2 Å². The van der Waals surface area contributed by atoms with Crippen molar-refractivity contribution in [3.8, 4) is 0 Å². The minimum absolute atomic E-state index is 0.0166. The number of nitrogens with one attached hydrogen (secondary N) is 1. The van der Waals surface area contributed by atoms with Gasteiger partial charge in [0.2, 0.25) is 5.91 Å². The number of aromatic nitrogens is 4. The summed E-state index contributed by atoms with van der Waals surface area (Å²) in [5, 5.41) is 0. The molecular weight excluding hydrogens is 310 g/mol. The molecular formula is C16H21N5O3. The van der Waals surface area contributed by atoms with Crippen LogP contribution in [0.3, 0.4) is 0 Å². The van der Waals surface area contributed by atoms with Gasteiger partial charge in [-0.1, -0.05) is 0 Å². The zero-order valence-corrected chi connectivity index (χ0v) is 13.4. The number of nitrogens with zero attached hydrogens (tertiary/aromatic N) is 4. The first-order chi connectivity index (χ1) is 11.7. The Hall–Kier alpha value is -2.48. The highest BCUT2D eigenvalue weighted by atomic mass is 16.5. The van der Waals surface area contributed by atoms with Gasteiger partial charge in [-0.25, -0.2) is 9.97 Å². The lowest BCUT2D eigenvalue weighted by Crippen LogP contribution is -2.46. The summed E-state index contributed by atoms with van der Waals surface area (Å²) in [6.07, 6.45) is 8.51. The number of carbonyl (C=O) groups is 1. The molecule has 0 saturated carbocycles. The number of aryl methyl sites for hydroxylation is 2. The Morgan fingerprint density at radius 2 is 2.38 bits per heavy atom. The van der Waals surface area contributed by atoms with Crippen LogP contribution >= 0.6 is 0 Å². The molecule has 3 rings (SSSR count). The zero-order valence-electron chi connectivity index (χ0n) is 13.4. The third-order valence-corrected chi connectivity index (χ3v) is 4.09. The molecule has 128 valence electrons. The van der Waals surface area contributed by atoms with Crippen molar-refractivity contribution in [1.29, 1.82) is 0 Å². The predicted octanol–water partition coefficient (Wildman–Crippen LogP) is 0.217. The Kier molecular flexibility index (Phi) is 5.37. The molecule has 1 fully saturated rings. The predicted molar refractivity (Wildman–Crippen MR) is 86.3 cm³/mol. The lowest BCUT2D eigenvalue weighted by atomic mass is 10.1. The largest absolute Gasteiger partial charge is 0.375 e. The zero-order chi connectivity index (χ0) is 16.8. The van der Waals surface area contributed by atoms with E-state index in [4.69, 9.17) is 4.74 Å². The Balaban J connectivity index is 1.46. The van der Waals surface area contributed by atoms with E-state index in [1.165, 1.54) is 12.4 Å². The molecule has 1 unspecified atom stereocenters. The summed E-state index contributed by atoms with van der Waals surface area (Å²) >= 11 is 0. The van der Waals surface area contributed by atoms with E-state index in [0.717, 1.165) is 12.1 Å². The van der Waals surface area contributed by atoms with Crippen molar-refractivity contribution in [1.82, 2.24) is 24.4 Å². The number of rotatable bonds is 6. The molecule has 1 saturated heterocycles. The SMILES string of the molecule is O=C(CCn1ccnc1)N1CCOC(CCc2cc(=O)[nH]cn2)C1. The summed E-state index contributed by atoms with van der Waals surface area (Å²) in [4.78, 5) is 36.1. The molecule has 0 radical (unpaired) electrons. The van der Waals surface area contributed by atoms with E-state index in [9.17, 15) is 9.59 Å². The highest BCUT2D eigenvalue weighted by Gasteiger charge is 2.23. The first-order valence-corrected chi connectivity index (χ1v) is 8.09. The van der Waals surface area contributed by atoms with Gasteiger partial charge in [-0.05, 0) is 12.8 Å². The van der Waals surface area contributed by atoms with Crippen LogP contribution in [0.2, 0.25) is 0 Å². The van der Waals surface area contributed by atoms with Crippen LogP contribution in [0.4, 0.5) is 0 Å². The number of imidazole rings is 1. The molecule has 0 spiro atoms. The lowest BCUT2D eigenvalue weighted by Gasteiger charge is -2.33. The number of amides is 1. The summed E-state index contributed by atoms with van der Waals surface area (Å²) in [7, 11) is 0. The quantitative estimate of drug-likeness (QED) is 0.817. The number of aromatic amines is 1. The van der Waals surface area contributed by atoms with Crippen LogP contribution in [0.5, 0.6) is 0 Å². The van der Waals surface area contributed by atoms with E-state index in [1.807, 2.05) is 15.7 Å². The average molecular weight is 331 g/mol. The molecule has 1 amide bonds. The van der Waals surface area contributed by atoms with Crippen molar-refractivity contribution >= 4 is 5.91 Å². The van der Waals surface area contributed by atoms with Gasteiger partial charge in [0.25, 0.3) is 5.56 Å². The van der Waals surface area contributed by atoms with E-state index in [0.29, 0.717) is 39.1 Å². The molecule has 24 heavy (non-hydrogen) atoms. The second kappa shape index (κ2) is 7.87. The Morgan fingerprint density at radius 3 is 3.17 bits per heavy atom. The van der Waals surface area contributed by atoms with Crippen molar-refractivity contribution in [2.75, 3.05) is 19.7 Å². The van der Waals surface area contributed by atoms with Gasteiger partial charge in [0, 0.05) is 50.2 Å². The van der Waals surface area contributed by atoms with Crippen LogP contribution in [0.1, 0.15) is 18.5 Å². The molecule has 0 bridgehead atoms. The van der Waals surface area contributed by atoms with Gasteiger partial charge in [-0.2, -0.15) is 0 Å². The Bertz CT molecular complexity index is 713. The van der Waals surface area contributed by atoms with Gasteiger partial charge in [0.15, 0.2) is 0 Å². The Labute approximate surface area is 139 Å². The summed E-state index contributed by atoms with van der Waals surface area (Å²) in [5.74, 6) is 0.131. The molecule has 8 nitrogen and oxygen atoms in total. The van der Waals surface area contributed by atoms with Gasteiger partial charge in [0.05, 0.1) is 25.4 Å². The first kappa shape index (κ1) is 16.4. The maximum atomic E-state index is 12.3. The van der Waals surface area contributed by atoms with Crippen molar-refractivity contribution in [3.05, 3.63) is 47.2 Å². The van der Waals surface area contributed by atoms with Gasteiger partial charge in [-0.3, -0.25) is 9.59 Å². The molecule has 1 aliphatic rings. The number of carbonyl (C=O) groups excluding carboxylic acids is 1. The highest BCUT2D eigenvalue weighted by Crippen LogP contribution is 2.12. The van der Waals surface area contributed by atoms with Gasteiger partial charge >= 0.3 is 0 Å². The second-order valence-corrected chi connectivity index (χ2v) is 5.82. The summed E-state index contributed by atoms with van der Waals surface area (Å²) in [5.41, 5.74) is 0.590. The number of morpholine rings is 1. The van der Waals surface area contributed by atoms with E-state index < -0.39 is 0 Å². The van der Waals surface area contributed by atoms with Crippen LogP contribution < -0.4 is 5.56 Å². The summed E-state index contributed by atoms with van der Waals surface area (Å²) < 4.78 is 7.64. The highest BCUT2D eigenvalue weighted by molar-refractivity contribution is 5.76. The average Bonchev–Trinajstić information content (AvgIpc) is 3.12. The molecule has 0 aliphatic carbocycles. The monoisotopic (exact) mass is 331 g/mol. The maximum Gasteiger partial charge on any atom is 0.250 e. The first-order valence-electron chi connectivity index (χ1n) is 8.09. The van der Waals surface area contributed by atoms with Crippen LogP contribution in [-0.2, 0) is 22.5 Å². The summed E-state index contributed by atoms with van der Waals surface area (Å²) in [6, 6.07) is 1.50.